The summed E-state index contributed by atoms with van der Waals surface area (Å²) in [5.74, 6) is 1.23. The second-order valence-electron chi connectivity index (χ2n) is 7.16. The van der Waals surface area contributed by atoms with Crippen LogP contribution in [-0.4, -0.2) is 32.2 Å². The highest BCUT2D eigenvalue weighted by Gasteiger charge is 2.26. The van der Waals surface area contributed by atoms with Crippen LogP contribution < -0.4 is 19.5 Å². The molecule has 1 atom stereocenters. The molecule has 0 spiro atoms. The third kappa shape index (κ3) is 4.53. The van der Waals surface area contributed by atoms with Gasteiger partial charge in [0.25, 0.3) is 0 Å². The molecule has 0 radical (unpaired) electrons. The summed E-state index contributed by atoms with van der Waals surface area (Å²) in [6, 6.07) is 21.0. The number of aromatic nitrogens is 1. The monoisotopic (exact) mass is 448 g/mol. The molecule has 0 aliphatic heterocycles. The molecule has 0 fully saturated rings. The number of hydrogen-bond acceptors (Lipinski definition) is 6. The molecule has 164 valence electrons. The van der Waals surface area contributed by atoms with E-state index in [-0.39, 0.29) is 5.91 Å². The number of carbonyl (C=O) groups is 1. The van der Waals surface area contributed by atoms with Crippen LogP contribution in [0.1, 0.15) is 16.5 Å². The number of thiazole rings is 1. The van der Waals surface area contributed by atoms with Crippen molar-refractivity contribution in [3.8, 4) is 17.2 Å². The van der Waals surface area contributed by atoms with Crippen molar-refractivity contribution < 1.29 is 19.0 Å². The molecule has 0 saturated heterocycles. The lowest BCUT2D eigenvalue weighted by molar-refractivity contribution is -0.117. The van der Waals surface area contributed by atoms with Crippen molar-refractivity contribution in [2.75, 3.05) is 26.6 Å². The van der Waals surface area contributed by atoms with Crippen molar-refractivity contribution in [3.63, 3.8) is 0 Å². The Labute approximate surface area is 190 Å². The second-order valence-corrected chi connectivity index (χ2v) is 8.22. The second kappa shape index (κ2) is 9.70. The number of para-hydroxylation sites is 3. The molecule has 3 aromatic carbocycles. The van der Waals surface area contributed by atoms with E-state index in [1.54, 1.807) is 21.3 Å². The van der Waals surface area contributed by atoms with Gasteiger partial charge in [-0.05, 0) is 48.4 Å². The number of nitrogens with zero attached hydrogens (tertiary/aromatic N) is 1. The molecule has 0 unspecified atom stereocenters. The van der Waals surface area contributed by atoms with E-state index in [1.165, 1.54) is 11.3 Å². The van der Waals surface area contributed by atoms with Gasteiger partial charge in [0.2, 0.25) is 5.91 Å². The molecular formula is C25H24N2O4S. The maximum Gasteiger partial charge on any atom is 0.234 e. The average Bonchev–Trinajstić information content (AvgIpc) is 3.26. The molecule has 0 saturated carbocycles. The van der Waals surface area contributed by atoms with Crippen molar-refractivity contribution in [2.24, 2.45) is 0 Å². The summed E-state index contributed by atoms with van der Waals surface area (Å²) in [6.07, 6.45) is 0.459. The quantitative estimate of drug-likeness (QED) is 0.397. The molecule has 0 bridgehead atoms. The Morgan fingerprint density at radius 2 is 1.62 bits per heavy atom. The fourth-order valence-corrected chi connectivity index (χ4v) is 4.61. The maximum atomic E-state index is 13.5. The first kappa shape index (κ1) is 21.6. The minimum absolute atomic E-state index is 0.150. The molecule has 1 N–H and O–H groups in total. The van der Waals surface area contributed by atoms with Crippen LogP contribution in [0.25, 0.3) is 10.2 Å². The third-order valence-corrected chi connectivity index (χ3v) is 6.33. The van der Waals surface area contributed by atoms with E-state index < -0.39 is 5.92 Å². The lowest BCUT2D eigenvalue weighted by Crippen LogP contribution is -2.23. The van der Waals surface area contributed by atoms with Crippen molar-refractivity contribution in [3.05, 3.63) is 77.3 Å². The number of benzene rings is 3. The minimum Gasteiger partial charge on any atom is -0.495 e. The fourth-order valence-electron chi connectivity index (χ4n) is 3.54. The first-order valence-corrected chi connectivity index (χ1v) is 10.9. The predicted molar refractivity (Wildman–Crippen MR) is 127 cm³/mol. The van der Waals surface area contributed by atoms with Gasteiger partial charge in [-0.2, -0.15) is 0 Å². The fraction of sp³-hybridized carbons (Fsp3) is 0.200. The Bertz CT molecular complexity index is 1200. The van der Waals surface area contributed by atoms with Crippen molar-refractivity contribution >= 4 is 33.1 Å². The molecule has 1 amide bonds. The number of anilines is 1. The first-order valence-electron chi connectivity index (χ1n) is 10.1. The Hall–Kier alpha value is -3.58. The van der Waals surface area contributed by atoms with Gasteiger partial charge in [-0.25, -0.2) is 4.98 Å². The molecule has 32 heavy (non-hydrogen) atoms. The smallest absolute Gasteiger partial charge is 0.234 e. The highest BCUT2D eigenvalue weighted by molar-refractivity contribution is 7.18. The number of hydrogen-bond donors (Lipinski definition) is 1. The van der Waals surface area contributed by atoms with Gasteiger partial charge >= 0.3 is 0 Å². The zero-order valence-corrected chi connectivity index (χ0v) is 18.9. The largest absolute Gasteiger partial charge is 0.495 e. The number of carbonyl (C=O) groups excluding carboxylic acids is 1. The summed E-state index contributed by atoms with van der Waals surface area (Å²) < 4.78 is 17.2. The van der Waals surface area contributed by atoms with Gasteiger partial charge < -0.3 is 19.5 Å². The van der Waals surface area contributed by atoms with E-state index in [1.807, 2.05) is 66.7 Å². The summed E-state index contributed by atoms with van der Waals surface area (Å²) >= 11 is 1.53. The van der Waals surface area contributed by atoms with Gasteiger partial charge in [0.05, 0.1) is 43.2 Å². The van der Waals surface area contributed by atoms with Gasteiger partial charge in [0.15, 0.2) is 11.5 Å². The lowest BCUT2D eigenvalue weighted by Gasteiger charge is -2.17. The summed E-state index contributed by atoms with van der Waals surface area (Å²) in [7, 11) is 4.78. The molecule has 1 aromatic heterocycles. The first-order chi connectivity index (χ1) is 15.6. The van der Waals surface area contributed by atoms with E-state index in [0.717, 1.165) is 20.8 Å². The third-order valence-electron chi connectivity index (χ3n) is 5.18. The zero-order chi connectivity index (χ0) is 22.5. The summed E-state index contributed by atoms with van der Waals surface area (Å²) in [4.78, 5) is 18.2. The summed E-state index contributed by atoms with van der Waals surface area (Å²) in [6.45, 7) is 0. The normalized spacial score (nSPS) is 11.7. The topological polar surface area (TPSA) is 69.7 Å². The maximum absolute atomic E-state index is 13.5. The Morgan fingerprint density at radius 3 is 2.38 bits per heavy atom. The van der Waals surface area contributed by atoms with E-state index >= 15 is 0 Å². The van der Waals surface area contributed by atoms with Crippen LogP contribution in [0.4, 0.5) is 5.69 Å². The Balaban J connectivity index is 1.70. The predicted octanol–water partition coefficient (Wildman–Crippen LogP) is 5.29. The van der Waals surface area contributed by atoms with Gasteiger partial charge in [0.1, 0.15) is 10.8 Å². The molecule has 0 aliphatic carbocycles. The lowest BCUT2D eigenvalue weighted by atomic mass is 9.98. The summed E-state index contributed by atoms with van der Waals surface area (Å²) in [5, 5.41) is 3.78. The average molecular weight is 449 g/mol. The van der Waals surface area contributed by atoms with Crippen LogP contribution in [0.15, 0.2) is 66.7 Å². The van der Waals surface area contributed by atoms with Crippen LogP contribution >= 0.6 is 11.3 Å². The number of methoxy groups -OCH3 is 3. The standard InChI is InChI=1S/C25H24N2O4S/c1-29-20-10-6-4-8-18(20)26-24(28)17(25-27-19-9-5-7-11-23(19)32-25)14-16-12-13-21(30-2)22(15-16)31-3/h4-13,15,17H,14H2,1-3H3,(H,26,28)/t17-/m0/s1. The number of nitrogens with one attached hydrogen (secondary N) is 1. The van der Waals surface area contributed by atoms with Crippen molar-refractivity contribution in [1.29, 1.82) is 0 Å². The molecule has 7 heteroatoms. The van der Waals surface area contributed by atoms with Crippen LogP contribution in [-0.2, 0) is 11.2 Å². The number of amides is 1. The Kier molecular flexibility index (Phi) is 6.56. The van der Waals surface area contributed by atoms with Gasteiger partial charge in [-0.3, -0.25) is 4.79 Å². The Morgan fingerprint density at radius 1 is 0.906 bits per heavy atom. The van der Waals surface area contributed by atoms with Gasteiger partial charge in [-0.15, -0.1) is 11.3 Å². The SMILES string of the molecule is COc1ccccc1NC(=O)[C@H](Cc1ccc(OC)c(OC)c1)c1nc2ccccc2s1. The van der Waals surface area contributed by atoms with E-state index in [0.29, 0.717) is 29.4 Å². The van der Waals surface area contributed by atoms with Crippen LogP contribution in [0, 0.1) is 0 Å². The number of ether oxygens (including phenoxy) is 3. The minimum atomic E-state index is -0.490. The zero-order valence-electron chi connectivity index (χ0n) is 18.1. The summed E-state index contributed by atoms with van der Waals surface area (Å²) in [5.41, 5.74) is 2.45. The molecule has 1 heterocycles. The van der Waals surface area contributed by atoms with E-state index in [9.17, 15) is 4.79 Å². The van der Waals surface area contributed by atoms with Crippen molar-refractivity contribution in [2.45, 2.75) is 12.3 Å². The molecule has 4 rings (SSSR count). The molecule has 6 nitrogen and oxygen atoms in total. The highest BCUT2D eigenvalue weighted by Crippen LogP contribution is 2.34. The van der Waals surface area contributed by atoms with E-state index in [4.69, 9.17) is 19.2 Å². The number of rotatable bonds is 8. The highest BCUT2D eigenvalue weighted by atomic mass is 32.1. The molecule has 4 aromatic rings. The van der Waals surface area contributed by atoms with Crippen LogP contribution in [0.2, 0.25) is 0 Å². The van der Waals surface area contributed by atoms with Gasteiger partial charge in [0, 0.05) is 0 Å². The number of fused-ring (bicyclic) bond motifs is 1. The van der Waals surface area contributed by atoms with Crippen LogP contribution in [0.3, 0.4) is 0 Å². The van der Waals surface area contributed by atoms with Crippen molar-refractivity contribution in [1.82, 2.24) is 4.98 Å². The molecular weight excluding hydrogens is 424 g/mol. The molecule has 0 aliphatic rings. The van der Waals surface area contributed by atoms with Crippen LogP contribution in [0.5, 0.6) is 17.2 Å². The van der Waals surface area contributed by atoms with Gasteiger partial charge in [-0.1, -0.05) is 30.3 Å². The van der Waals surface area contributed by atoms with E-state index in [2.05, 4.69) is 5.32 Å².